The minimum Gasteiger partial charge on any atom is -0.464 e. The van der Waals surface area contributed by atoms with E-state index in [2.05, 4.69) is 9.72 Å². The fourth-order valence-corrected chi connectivity index (χ4v) is 1.28. The van der Waals surface area contributed by atoms with Gasteiger partial charge in [-0.1, -0.05) is 25.4 Å². The molecule has 0 spiro atoms. The van der Waals surface area contributed by atoms with Crippen molar-refractivity contribution in [2.45, 2.75) is 19.8 Å². The van der Waals surface area contributed by atoms with Crippen LogP contribution >= 0.6 is 11.6 Å². The molecule has 0 saturated carbocycles. The predicted octanol–water partition coefficient (Wildman–Crippen LogP) is 2.65. The smallest absolute Gasteiger partial charge is 0.356 e. The Hall–Kier alpha value is -1.09. The van der Waals surface area contributed by atoms with E-state index in [0.29, 0.717) is 11.1 Å². The lowest BCUT2D eigenvalue weighted by atomic mass is 10.0. The first kappa shape index (κ1) is 11.0. The van der Waals surface area contributed by atoms with Crippen LogP contribution in [0, 0.1) is 0 Å². The summed E-state index contributed by atoms with van der Waals surface area (Å²) in [6, 6.07) is 3.45. The highest BCUT2D eigenvalue weighted by molar-refractivity contribution is 6.29. The molecule has 76 valence electrons. The molecule has 0 amide bonds. The zero-order valence-electron chi connectivity index (χ0n) is 8.37. The molecule has 3 nitrogen and oxygen atoms in total. The second-order valence-electron chi connectivity index (χ2n) is 3.25. The van der Waals surface area contributed by atoms with Crippen LogP contribution in [0.5, 0.6) is 0 Å². The molecular weight excluding hydrogens is 202 g/mol. The van der Waals surface area contributed by atoms with Gasteiger partial charge in [-0.15, -0.1) is 0 Å². The number of halogens is 1. The zero-order chi connectivity index (χ0) is 10.7. The molecule has 0 unspecified atom stereocenters. The summed E-state index contributed by atoms with van der Waals surface area (Å²) in [5, 5.41) is 0.316. The second kappa shape index (κ2) is 4.42. The Kier molecular flexibility index (Phi) is 3.47. The SMILES string of the molecule is COC(=O)c1cc(C(C)C)cc(Cl)n1. The number of carbonyl (C=O) groups excluding carboxylic acids is 1. The van der Waals surface area contributed by atoms with Gasteiger partial charge in [0.25, 0.3) is 0 Å². The first-order valence-electron chi connectivity index (χ1n) is 4.30. The third kappa shape index (κ3) is 2.45. The lowest BCUT2D eigenvalue weighted by Crippen LogP contribution is -2.05. The molecule has 1 aromatic heterocycles. The minimum atomic E-state index is -0.464. The Bertz CT molecular complexity index is 350. The topological polar surface area (TPSA) is 39.2 Å². The van der Waals surface area contributed by atoms with Crippen LogP contribution in [0.25, 0.3) is 0 Å². The minimum absolute atomic E-state index is 0.253. The average molecular weight is 214 g/mol. The number of aromatic nitrogens is 1. The molecule has 0 fully saturated rings. The van der Waals surface area contributed by atoms with Crippen molar-refractivity contribution in [1.29, 1.82) is 0 Å². The van der Waals surface area contributed by atoms with E-state index in [1.54, 1.807) is 12.1 Å². The fraction of sp³-hybridized carbons (Fsp3) is 0.400. The summed E-state index contributed by atoms with van der Waals surface area (Å²) in [6.07, 6.45) is 0. The van der Waals surface area contributed by atoms with Gasteiger partial charge in [0.1, 0.15) is 10.8 Å². The summed E-state index contributed by atoms with van der Waals surface area (Å²) in [6.45, 7) is 4.04. The van der Waals surface area contributed by atoms with E-state index >= 15 is 0 Å². The van der Waals surface area contributed by atoms with Crippen LogP contribution < -0.4 is 0 Å². The highest BCUT2D eigenvalue weighted by atomic mass is 35.5. The van der Waals surface area contributed by atoms with Crippen LogP contribution in [-0.2, 0) is 4.74 Å². The van der Waals surface area contributed by atoms with Crippen LogP contribution in [0.2, 0.25) is 5.15 Å². The molecule has 1 aromatic rings. The number of pyridine rings is 1. The summed E-state index contributed by atoms with van der Waals surface area (Å²) in [5.74, 6) is -0.159. The third-order valence-electron chi connectivity index (χ3n) is 1.88. The summed E-state index contributed by atoms with van der Waals surface area (Å²) >= 11 is 5.78. The van der Waals surface area contributed by atoms with E-state index < -0.39 is 5.97 Å². The van der Waals surface area contributed by atoms with Gasteiger partial charge in [-0.2, -0.15) is 0 Å². The van der Waals surface area contributed by atoms with Crippen molar-refractivity contribution >= 4 is 17.6 Å². The highest BCUT2D eigenvalue weighted by Gasteiger charge is 2.11. The molecule has 0 aromatic carbocycles. The molecule has 1 rings (SSSR count). The number of esters is 1. The highest BCUT2D eigenvalue weighted by Crippen LogP contribution is 2.19. The normalized spacial score (nSPS) is 10.4. The van der Waals surface area contributed by atoms with Crippen molar-refractivity contribution in [3.8, 4) is 0 Å². The Morgan fingerprint density at radius 3 is 2.64 bits per heavy atom. The number of rotatable bonds is 2. The van der Waals surface area contributed by atoms with Gasteiger partial charge >= 0.3 is 5.97 Å². The van der Waals surface area contributed by atoms with Crippen LogP contribution in [-0.4, -0.2) is 18.1 Å². The van der Waals surface area contributed by atoms with E-state index in [-0.39, 0.29) is 5.69 Å². The number of hydrogen-bond donors (Lipinski definition) is 0. The number of hydrogen-bond acceptors (Lipinski definition) is 3. The van der Waals surface area contributed by atoms with Crippen molar-refractivity contribution in [2.75, 3.05) is 7.11 Å². The summed E-state index contributed by atoms with van der Waals surface area (Å²) < 4.78 is 4.57. The van der Waals surface area contributed by atoms with E-state index in [1.165, 1.54) is 7.11 Å². The van der Waals surface area contributed by atoms with E-state index in [9.17, 15) is 4.79 Å². The van der Waals surface area contributed by atoms with E-state index in [0.717, 1.165) is 5.56 Å². The van der Waals surface area contributed by atoms with Gasteiger partial charge in [-0.3, -0.25) is 0 Å². The lowest BCUT2D eigenvalue weighted by molar-refractivity contribution is 0.0594. The molecule has 4 heteroatoms. The van der Waals surface area contributed by atoms with Gasteiger partial charge in [0.15, 0.2) is 0 Å². The van der Waals surface area contributed by atoms with Gasteiger partial charge in [0, 0.05) is 0 Å². The molecular formula is C10H12ClNO2. The maximum Gasteiger partial charge on any atom is 0.356 e. The summed E-state index contributed by atoms with van der Waals surface area (Å²) in [4.78, 5) is 15.1. The molecule has 0 atom stereocenters. The van der Waals surface area contributed by atoms with Gasteiger partial charge in [0.2, 0.25) is 0 Å². The maximum atomic E-state index is 11.2. The number of nitrogens with zero attached hydrogens (tertiary/aromatic N) is 1. The maximum absolute atomic E-state index is 11.2. The largest absolute Gasteiger partial charge is 0.464 e. The van der Waals surface area contributed by atoms with E-state index in [4.69, 9.17) is 11.6 Å². The van der Waals surface area contributed by atoms with Gasteiger partial charge in [-0.25, -0.2) is 9.78 Å². The van der Waals surface area contributed by atoms with Crippen molar-refractivity contribution < 1.29 is 9.53 Å². The van der Waals surface area contributed by atoms with Crippen LogP contribution in [0.1, 0.15) is 35.8 Å². The van der Waals surface area contributed by atoms with Crippen molar-refractivity contribution in [2.24, 2.45) is 0 Å². The number of carbonyl (C=O) groups is 1. The van der Waals surface area contributed by atoms with E-state index in [1.807, 2.05) is 13.8 Å². The molecule has 0 saturated heterocycles. The number of methoxy groups -OCH3 is 1. The van der Waals surface area contributed by atoms with Crippen LogP contribution in [0.3, 0.4) is 0 Å². The van der Waals surface area contributed by atoms with Gasteiger partial charge in [-0.05, 0) is 23.6 Å². The molecule has 0 aliphatic rings. The summed E-state index contributed by atoms with van der Waals surface area (Å²) in [7, 11) is 1.32. The Labute approximate surface area is 88.1 Å². The zero-order valence-corrected chi connectivity index (χ0v) is 9.13. The average Bonchev–Trinajstić information content (AvgIpc) is 2.15. The Balaban J connectivity index is 3.13. The monoisotopic (exact) mass is 213 g/mol. The van der Waals surface area contributed by atoms with Crippen LogP contribution in [0.4, 0.5) is 0 Å². The lowest BCUT2D eigenvalue weighted by Gasteiger charge is -2.07. The molecule has 1 heterocycles. The molecule has 0 aliphatic carbocycles. The number of ether oxygens (including phenoxy) is 1. The van der Waals surface area contributed by atoms with Crippen molar-refractivity contribution in [3.05, 3.63) is 28.5 Å². The molecule has 0 bridgehead atoms. The molecule has 0 aliphatic heterocycles. The molecule has 0 N–H and O–H groups in total. The van der Waals surface area contributed by atoms with Gasteiger partial charge < -0.3 is 4.74 Å². The first-order valence-corrected chi connectivity index (χ1v) is 4.68. The predicted molar refractivity (Wildman–Crippen MR) is 54.7 cm³/mol. The van der Waals surface area contributed by atoms with Crippen LogP contribution in [0.15, 0.2) is 12.1 Å². The fourth-order valence-electron chi connectivity index (χ4n) is 1.06. The third-order valence-corrected chi connectivity index (χ3v) is 2.07. The second-order valence-corrected chi connectivity index (χ2v) is 3.64. The standard InChI is InChI=1S/C10H12ClNO2/c1-6(2)7-4-8(10(13)14-3)12-9(11)5-7/h4-6H,1-3H3. The Morgan fingerprint density at radius 1 is 1.50 bits per heavy atom. The molecule has 14 heavy (non-hydrogen) atoms. The molecule has 0 radical (unpaired) electrons. The van der Waals surface area contributed by atoms with Gasteiger partial charge in [0.05, 0.1) is 7.11 Å². The first-order chi connectivity index (χ1) is 6.54. The quantitative estimate of drug-likeness (QED) is 0.560. The van der Waals surface area contributed by atoms with Crippen molar-refractivity contribution in [3.63, 3.8) is 0 Å². The van der Waals surface area contributed by atoms with Crippen molar-refractivity contribution in [1.82, 2.24) is 4.98 Å². The Morgan fingerprint density at radius 2 is 2.14 bits per heavy atom. The summed E-state index contributed by atoms with van der Waals surface area (Å²) in [5.41, 5.74) is 1.23.